The molecule has 0 saturated heterocycles. The molecule has 2 N–H and O–H groups in total. The van der Waals surface area contributed by atoms with Crippen LogP contribution >= 0.6 is 11.3 Å². The van der Waals surface area contributed by atoms with Crippen molar-refractivity contribution in [2.24, 2.45) is 0 Å². The summed E-state index contributed by atoms with van der Waals surface area (Å²) in [6.07, 6.45) is 0. The van der Waals surface area contributed by atoms with Crippen LogP contribution in [0.2, 0.25) is 0 Å². The lowest BCUT2D eigenvalue weighted by atomic mass is 10.2. The number of anilines is 1. The maximum atomic E-state index is 5.77. The number of nitrogens with two attached hydrogens (primary N) is 1. The molecule has 0 unspecified atom stereocenters. The first-order valence-electron chi connectivity index (χ1n) is 4.58. The van der Waals surface area contributed by atoms with Gasteiger partial charge in [-0.3, -0.25) is 0 Å². The third-order valence-electron chi connectivity index (χ3n) is 2.17. The molecule has 2 aromatic rings. The van der Waals surface area contributed by atoms with Crippen LogP contribution in [0.15, 0.2) is 24.3 Å². The third kappa shape index (κ3) is 1.94. The summed E-state index contributed by atoms with van der Waals surface area (Å²) in [5.41, 5.74) is 7.73. The second-order valence-corrected chi connectivity index (χ2v) is 4.23. The number of nitrogens with zero attached hydrogens (tertiary/aromatic N) is 1. The summed E-state index contributed by atoms with van der Waals surface area (Å²) in [7, 11) is 1.65. The van der Waals surface area contributed by atoms with Crippen molar-refractivity contribution in [2.45, 2.75) is 6.92 Å². The van der Waals surface area contributed by atoms with Gasteiger partial charge >= 0.3 is 0 Å². The monoisotopic (exact) mass is 220 g/mol. The molecule has 0 aliphatic heterocycles. The van der Waals surface area contributed by atoms with Crippen molar-refractivity contribution < 1.29 is 4.74 Å². The molecule has 1 aromatic carbocycles. The van der Waals surface area contributed by atoms with Gasteiger partial charge in [0.05, 0.1) is 12.8 Å². The van der Waals surface area contributed by atoms with Crippen LogP contribution in [-0.4, -0.2) is 12.1 Å². The average molecular weight is 220 g/mol. The van der Waals surface area contributed by atoms with Crippen molar-refractivity contribution in [3.8, 4) is 16.3 Å². The Balaban J connectivity index is 2.37. The van der Waals surface area contributed by atoms with Crippen LogP contribution in [0.5, 0.6) is 5.75 Å². The highest BCUT2D eigenvalue weighted by Crippen LogP contribution is 2.30. The van der Waals surface area contributed by atoms with Crippen molar-refractivity contribution >= 4 is 16.3 Å². The van der Waals surface area contributed by atoms with Gasteiger partial charge in [-0.25, -0.2) is 4.98 Å². The second-order valence-electron chi connectivity index (χ2n) is 3.20. The maximum absolute atomic E-state index is 5.77. The van der Waals surface area contributed by atoms with Crippen LogP contribution in [0.1, 0.15) is 5.69 Å². The fourth-order valence-electron chi connectivity index (χ4n) is 1.27. The number of nitrogen functional groups attached to an aromatic ring is 1. The highest BCUT2D eigenvalue weighted by Gasteiger charge is 2.06. The van der Waals surface area contributed by atoms with Gasteiger partial charge in [-0.2, -0.15) is 0 Å². The van der Waals surface area contributed by atoms with E-state index in [0.717, 1.165) is 27.0 Å². The molecule has 1 heterocycles. The number of thiazole rings is 1. The van der Waals surface area contributed by atoms with E-state index in [4.69, 9.17) is 10.5 Å². The van der Waals surface area contributed by atoms with Gasteiger partial charge in [0.25, 0.3) is 0 Å². The third-order valence-corrected chi connectivity index (χ3v) is 3.21. The summed E-state index contributed by atoms with van der Waals surface area (Å²) in [6, 6.07) is 7.80. The predicted molar refractivity (Wildman–Crippen MR) is 63.3 cm³/mol. The molecule has 0 amide bonds. The van der Waals surface area contributed by atoms with E-state index in [1.165, 1.54) is 11.3 Å². The van der Waals surface area contributed by atoms with E-state index < -0.39 is 0 Å². The molecule has 0 saturated carbocycles. The highest BCUT2D eigenvalue weighted by atomic mass is 32.1. The van der Waals surface area contributed by atoms with Crippen LogP contribution in [0.3, 0.4) is 0 Å². The van der Waals surface area contributed by atoms with Gasteiger partial charge < -0.3 is 10.5 Å². The number of ether oxygens (including phenoxy) is 1. The van der Waals surface area contributed by atoms with Gasteiger partial charge in [0.2, 0.25) is 0 Å². The average Bonchev–Trinajstić information content (AvgIpc) is 2.59. The molecule has 15 heavy (non-hydrogen) atoms. The zero-order valence-electron chi connectivity index (χ0n) is 8.65. The minimum absolute atomic E-state index is 0.779. The molecule has 4 heteroatoms. The molecular weight excluding hydrogens is 208 g/mol. The lowest BCUT2D eigenvalue weighted by Gasteiger charge is -1.99. The Hall–Kier alpha value is -1.55. The van der Waals surface area contributed by atoms with E-state index in [1.807, 2.05) is 31.2 Å². The summed E-state index contributed by atoms with van der Waals surface area (Å²) in [4.78, 5) is 4.39. The van der Waals surface area contributed by atoms with Crippen molar-refractivity contribution in [2.75, 3.05) is 12.8 Å². The number of hydrogen-bond acceptors (Lipinski definition) is 4. The normalized spacial score (nSPS) is 10.3. The standard InChI is InChI=1S/C11H12N2OS/c1-7-10(12)15-11(13-7)8-3-5-9(14-2)6-4-8/h3-6H,12H2,1-2H3. The Labute approximate surface area is 92.5 Å². The zero-order chi connectivity index (χ0) is 10.8. The predicted octanol–water partition coefficient (Wildman–Crippen LogP) is 2.71. The minimum atomic E-state index is 0.779. The fourth-order valence-corrected chi connectivity index (χ4v) is 2.10. The molecule has 0 bridgehead atoms. The summed E-state index contributed by atoms with van der Waals surface area (Å²) in [5.74, 6) is 0.847. The van der Waals surface area contributed by atoms with Crippen molar-refractivity contribution in [3.63, 3.8) is 0 Å². The molecule has 3 nitrogen and oxygen atoms in total. The van der Waals surface area contributed by atoms with E-state index >= 15 is 0 Å². The minimum Gasteiger partial charge on any atom is -0.497 e. The van der Waals surface area contributed by atoms with E-state index in [0.29, 0.717) is 0 Å². The summed E-state index contributed by atoms with van der Waals surface area (Å²) < 4.78 is 5.09. The molecule has 0 aliphatic carbocycles. The lowest BCUT2D eigenvalue weighted by Crippen LogP contribution is -1.83. The molecule has 0 spiro atoms. The van der Waals surface area contributed by atoms with Gasteiger partial charge in [-0.1, -0.05) is 11.3 Å². The van der Waals surface area contributed by atoms with E-state index in [2.05, 4.69) is 4.98 Å². The van der Waals surface area contributed by atoms with Crippen molar-refractivity contribution in [1.82, 2.24) is 4.98 Å². The number of methoxy groups -OCH3 is 1. The van der Waals surface area contributed by atoms with Gasteiger partial charge in [0, 0.05) is 5.56 Å². The van der Waals surface area contributed by atoms with E-state index in [1.54, 1.807) is 7.11 Å². The van der Waals surface area contributed by atoms with Crippen molar-refractivity contribution in [1.29, 1.82) is 0 Å². The van der Waals surface area contributed by atoms with Gasteiger partial charge in [-0.15, -0.1) is 0 Å². The number of benzene rings is 1. The molecule has 1 aromatic heterocycles. The molecular formula is C11H12N2OS. The van der Waals surface area contributed by atoms with Crippen molar-refractivity contribution in [3.05, 3.63) is 30.0 Å². The second kappa shape index (κ2) is 3.90. The van der Waals surface area contributed by atoms with Crippen LogP contribution in [0, 0.1) is 6.92 Å². The first kappa shape index (κ1) is 9.98. The summed E-state index contributed by atoms with van der Waals surface area (Å²) >= 11 is 1.51. The summed E-state index contributed by atoms with van der Waals surface area (Å²) in [5, 5.41) is 1.73. The van der Waals surface area contributed by atoms with Gasteiger partial charge in [0.1, 0.15) is 15.8 Å². The SMILES string of the molecule is COc1ccc(-c2nc(C)c(N)s2)cc1. The Morgan fingerprint density at radius 1 is 1.27 bits per heavy atom. The van der Waals surface area contributed by atoms with E-state index in [9.17, 15) is 0 Å². The van der Waals surface area contributed by atoms with Crippen LogP contribution in [0.25, 0.3) is 10.6 Å². The van der Waals surface area contributed by atoms with E-state index in [-0.39, 0.29) is 0 Å². The number of rotatable bonds is 2. The fraction of sp³-hybridized carbons (Fsp3) is 0.182. The number of aryl methyl sites for hydroxylation is 1. The quantitative estimate of drug-likeness (QED) is 0.846. The highest BCUT2D eigenvalue weighted by molar-refractivity contribution is 7.18. The van der Waals surface area contributed by atoms with Gasteiger partial charge in [-0.05, 0) is 31.2 Å². The largest absolute Gasteiger partial charge is 0.497 e. The van der Waals surface area contributed by atoms with Gasteiger partial charge in [0.15, 0.2) is 0 Å². The Morgan fingerprint density at radius 3 is 2.40 bits per heavy atom. The number of aromatic nitrogens is 1. The first-order chi connectivity index (χ1) is 7.20. The van der Waals surface area contributed by atoms with Crippen LogP contribution in [0.4, 0.5) is 5.00 Å². The first-order valence-corrected chi connectivity index (χ1v) is 5.39. The number of hydrogen-bond donors (Lipinski definition) is 1. The Morgan fingerprint density at radius 2 is 1.93 bits per heavy atom. The maximum Gasteiger partial charge on any atom is 0.125 e. The Kier molecular flexibility index (Phi) is 2.60. The smallest absolute Gasteiger partial charge is 0.125 e. The molecule has 0 radical (unpaired) electrons. The summed E-state index contributed by atoms with van der Waals surface area (Å²) in [6.45, 7) is 1.92. The zero-order valence-corrected chi connectivity index (χ0v) is 9.47. The van der Waals surface area contributed by atoms with Crippen LogP contribution in [-0.2, 0) is 0 Å². The topological polar surface area (TPSA) is 48.1 Å². The Bertz CT molecular complexity index is 442. The molecule has 0 atom stereocenters. The molecule has 78 valence electrons. The van der Waals surface area contributed by atoms with Crippen LogP contribution < -0.4 is 10.5 Å². The molecule has 2 rings (SSSR count). The molecule has 0 fully saturated rings. The lowest BCUT2D eigenvalue weighted by molar-refractivity contribution is 0.415. The molecule has 0 aliphatic rings.